The van der Waals surface area contributed by atoms with Gasteiger partial charge in [0.2, 0.25) is 0 Å². The maximum Gasteiger partial charge on any atom is 0.0341 e. The minimum Gasteiger partial charge on any atom is -0.324 e. The predicted molar refractivity (Wildman–Crippen MR) is 79.0 cm³/mol. The number of benzene rings is 1. The first kappa shape index (κ1) is 13.1. The molecule has 3 atom stereocenters. The summed E-state index contributed by atoms with van der Waals surface area (Å²) in [6, 6.07) is 9.30. The Kier molecular flexibility index (Phi) is 3.87. The Balaban J connectivity index is 1.57. The molecular weight excluding hydrogens is 234 g/mol. The van der Waals surface area contributed by atoms with Crippen molar-refractivity contribution < 1.29 is 0 Å². The summed E-state index contributed by atoms with van der Waals surface area (Å²) in [6.07, 6.45) is 2.38. The number of rotatable bonds is 4. The molecule has 0 spiro atoms. The van der Waals surface area contributed by atoms with Crippen molar-refractivity contribution in [2.24, 2.45) is 11.7 Å². The van der Waals surface area contributed by atoms with Crippen LogP contribution >= 0.6 is 0 Å². The molecule has 19 heavy (non-hydrogen) atoms. The van der Waals surface area contributed by atoms with Crippen LogP contribution in [0.2, 0.25) is 0 Å². The summed E-state index contributed by atoms with van der Waals surface area (Å²) in [4.78, 5) is 2.54. The fraction of sp³-hybridized carbons (Fsp3) is 0.625. The Labute approximate surface area is 116 Å². The second kappa shape index (κ2) is 5.61. The molecule has 3 heteroatoms. The number of hydrogen-bond donors (Lipinski definition) is 2. The topological polar surface area (TPSA) is 41.3 Å². The van der Waals surface area contributed by atoms with E-state index in [1.54, 1.807) is 0 Å². The molecule has 1 aromatic carbocycles. The van der Waals surface area contributed by atoms with Crippen molar-refractivity contribution in [2.75, 3.05) is 26.2 Å². The summed E-state index contributed by atoms with van der Waals surface area (Å²) in [7, 11) is 0. The van der Waals surface area contributed by atoms with Crippen molar-refractivity contribution in [3.8, 4) is 0 Å². The first-order valence-electron chi connectivity index (χ1n) is 7.58. The van der Waals surface area contributed by atoms with Gasteiger partial charge in [-0.3, -0.25) is 0 Å². The molecular formula is C16H25N3. The third kappa shape index (κ3) is 2.69. The fourth-order valence-electron chi connectivity index (χ4n) is 3.54. The van der Waals surface area contributed by atoms with Gasteiger partial charge >= 0.3 is 0 Å². The summed E-state index contributed by atoms with van der Waals surface area (Å²) in [5.41, 5.74) is 8.97. The molecule has 1 saturated heterocycles. The summed E-state index contributed by atoms with van der Waals surface area (Å²) >= 11 is 0. The molecule has 1 aromatic rings. The highest BCUT2D eigenvalue weighted by atomic mass is 15.1. The number of nitrogens with two attached hydrogens (primary N) is 1. The highest BCUT2D eigenvalue weighted by Gasteiger charge is 2.29. The van der Waals surface area contributed by atoms with Crippen molar-refractivity contribution in [1.29, 1.82) is 0 Å². The van der Waals surface area contributed by atoms with Crippen LogP contribution in [0.4, 0.5) is 0 Å². The molecule has 1 fully saturated rings. The lowest BCUT2D eigenvalue weighted by Gasteiger charge is -2.18. The second-order valence-corrected chi connectivity index (χ2v) is 5.98. The van der Waals surface area contributed by atoms with Crippen molar-refractivity contribution >= 4 is 0 Å². The zero-order valence-corrected chi connectivity index (χ0v) is 11.8. The average Bonchev–Trinajstić information content (AvgIpc) is 3.02. The van der Waals surface area contributed by atoms with E-state index < -0.39 is 0 Å². The zero-order chi connectivity index (χ0) is 13.2. The normalized spacial score (nSPS) is 30.7. The Bertz CT molecular complexity index is 432. The van der Waals surface area contributed by atoms with Gasteiger partial charge in [-0.05, 0) is 49.5 Å². The van der Waals surface area contributed by atoms with E-state index in [0.717, 1.165) is 18.9 Å². The molecule has 104 valence electrons. The Morgan fingerprint density at radius 2 is 2.11 bits per heavy atom. The van der Waals surface area contributed by atoms with Gasteiger partial charge in [0.25, 0.3) is 0 Å². The SMILES string of the molecule is CCN1CCC(CNC2CC(N)c3ccccc32)C1. The van der Waals surface area contributed by atoms with E-state index in [2.05, 4.69) is 41.4 Å². The van der Waals surface area contributed by atoms with Gasteiger partial charge in [0.15, 0.2) is 0 Å². The Hall–Kier alpha value is -0.900. The highest BCUT2D eigenvalue weighted by molar-refractivity contribution is 5.37. The lowest BCUT2D eigenvalue weighted by molar-refractivity contribution is 0.334. The third-order valence-electron chi connectivity index (χ3n) is 4.73. The van der Waals surface area contributed by atoms with Crippen molar-refractivity contribution in [2.45, 2.75) is 31.8 Å². The molecule has 0 radical (unpaired) electrons. The van der Waals surface area contributed by atoms with Crippen LogP contribution in [0.5, 0.6) is 0 Å². The monoisotopic (exact) mass is 259 g/mol. The van der Waals surface area contributed by atoms with Gasteiger partial charge in [-0.25, -0.2) is 0 Å². The number of likely N-dealkylation sites (tertiary alicyclic amines) is 1. The van der Waals surface area contributed by atoms with Gasteiger partial charge in [0, 0.05) is 18.6 Å². The molecule has 0 aromatic heterocycles. The Morgan fingerprint density at radius 3 is 2.84 bits per heavy atom. The quantitative estimate of drug-likeness (QED) is 0.869. The maximum atomic E-state index is 6.22. The van der Waals surface area contributed by atoms with E-state index in [0.29, 0.717) is 6.04 Å². The molecule has 3 N–H and O–H groups in total. The van der Waals surface area contributed by atoms with Gasteiger partial charge in [0.1, 0.15) is 0 Å². The molecule has 0 amide bonds. The van der Waals surface area contributed by atoms with Crippen LogP contribution < -0.4 is 11.1 Å². The van der Waals surface area contributed by atoms with E-state index in [1.807, 2.05) is 0 Å². The van der Waals surface area contributed by atoms with Crippen LogP contribution in [-0.2, 0) is 0 Å². The lowest BCUT2D eigenvalue weighted by atomic mass is 10.1. The lowest BCUT2D eigenvalue weighted by Crippen LogP contribution is -2.28. The average molecular weight is 259 g/mol. The number of fused-ring (bicyclic) bond motifs is 1. The molecule has 3 unspecified atom stereocenters. The molecule has 1 heterocycles. The van der Waals surface area contributed by atoms with E-state index in [4.69, 9.17) is 5.73 Å². The van der Waals surface area contributed by atoms with E-state index in [9.17, 15) is 0 Å². The number of hydrogen-bond acceptors (Lipinski definition) is 3. The van der Waals surface area contributed by atoms with Crippen LogP contribution in [0, 0.1) is 5.92 Å². The van der Waals surface area contributed by atoms with Crippen molar-refractivity contribution in [3.63, 3.8) is 0 Å². The number of nitrogens with one attached hydrogen (secondary N) is 1. The Morgan fingerprint density at radius 1 is 1.32 bits per heavy atom. The van der Waals surface area contributed by atoms with Crippen LogP contribution in [0.15, 0.2) is 24.3 Å². The van der Waals surface area contributed by atoms with E-state index in [1.165, 1.54) is 37.2 Å². The molecule has 3 nitrogen and oxygen atoms in total. The van der Waals surface area contributed by atoms with Gasteiger partial charge < -0.3 is 16.0 Å². The maximum absolute atomic E-state index is 6.22. The van der Waals surface area contributed by atoms with Gasteiger partial charge in [-0.2, -0.15) is 0 Å². The molecule has 1 aliphatic carbocycles. The fourth-order valence-corrected chi connectivity index (χ4v) is 3.54. The number of nitrogens with zero attached hydrogens (tertiary/aromatic N) is 1. The van der Waals surface area contributed by atoms with Crippen LogP contribution in [0.25, 0.3) is 0 Å². The highest BCUT2D eigenvalue weighted by Crippen LogP contribution is 2.37. The smallest absolute Gasteiger partial charge is 0.0341 e. The summed E-state index contributed by atoms with van der Waals surface area (Å²) in [6.45, 7) is 7.09. The van der Waals surface area contributed by atoms with Crippen LogP contribution in [0.3, 0.4) is 0 Å². The van der Waals surface area contributed by atoms with Gasteiger partial charge in [-0.1, -0.05) is 31.2 Å². The zero-order valence-electron chi connectivity index (χ0n) is 11.8. The molecule has 0 saturated carbocycles. The molecule has 2 aliphatic rings. The van der Waals surface area contributed by atoms with Gasteiger partial charge in [0.05, 0.1) is 0 Å². The molecule has 3 rings (SSSR count). The molecule has 0 bridgehead atoms. The first-order chi connectivity index (χ1) is 9.28. The van der Waals surface area contributed by atoms with Crippen LogP contribution in [0.1, 0.15) is 43.0 Å². The standard InChI is InChI=1S/C16H25N3/c1-2-19-8-7-12(11-19)10-18-16-9-15(17)13-5-3-4-6-14(13)16/h3-6,12,15-16,18H,2,7-11,17H2,1H3. The van der Waals surface area contributed by atoms with E-state index >= 15 is 0 Å². The van der Waals surface area contributed by atoms with E-state index in [-0.39, 0.29) is 6.04 Å². The van der Waals surface area contributed by atoms with Gasteiger partial charge in [-0.15, -0.1) is 0 Å². The summed E-state index contributed by atoms with van der Waals surface area (Å²) < 4.78 is 0. The third-order valence-corrected chi connectivity index (χ3v) is 4.73. The van der Waals surface area contributed by atoms with Crippen molar-refractivity contribution in [1.82, 2.24) is 10.2 Å². The van der Waals surface area contributed by atoms with Crippen LogP contribution in [-0.4, -0.2) is 31.1 Å². The minimum absolute atomic E-state index is 0.212. The second-order valence-electron chi connectivity index (χ2n) is 5.98. The summed E-state index contributed by atoms with van der Waals surface area (Å²) in [5.74, 6) is 0.809. The first-order valence-corrected chi connectivity index (χ1v) is 7.58. The summed E-state index contributed by atoms with van der Waals surface area (Å²) in [5, 5.41) is 3.75. The van der Waals surface area contributed by atoms with Crippen molar-refractivity contribution in [3.05, 3.63) is 35.4 Å². The predicted octanol–water partition coefficient (Wildman–Crippen LogP) is 2.06. The largest absolute Gasteiger partial charge is 0.324 e. The molecule has 1 aliphatic heterocycles. The minimum atomic E-state index is 0.212.